The monoisotopic (exact) mass is 366 g/mol. The molecule has 3 rings (SSSR count). The highest BCUT2D eigenvalue weighted by atomic mass is 32.2. The molecule has 1 amide bonds. The standard InChI is InChI=1S/C17H26N4O3S/c1-21(14-8-9-25(23,24)12-14)17(22)15-10-19-16(11-18-15)20-13-6-4-2-3-5-7-13/h10-11,13-14H,2-9,12H2,1H3,(H,19,20). The molecule has 1 unspecified atom stereocenters. The SMILES string of the molecule is CN(C(=O)c1cnc(NC2CCCCCC2)cn1)C1CCS(=O)(=O)C1. The molecule has 1 aliphatic heterocycles. The topological polar surface area (TPSA) is 92.3 Å². The summed E-state index contributed by atoms with van der Waals surface area (Å²) in [7, 11) is -1.39. The minimum absolute atomic E-state index is 0.0317. The Hall–Kier alpha value is -1.70. The van der Waals surface area contributed by atoms with Crippen molar-refractivity contribution in [2.45, 2.75) is 57.0 Å². The first-order valence-electron chi connectivity index (χ1n) is 9.01. The second-order valence-corrected chi connectivity index (χ2v) is 9.32. The number of sulfone groups is 1. The maximum Gasteiger partial charge on any atom is 0.274 e. The van der Waals surface area contributed by atoms with Crippen molar-refractivity contribution in [2.24, 2.45) is 0 Å². The fraction of sp³-hybridized carbons (Fsp3) is 0.706. The first-order valence-corrected chi connectivity index (χ1v) is 10.8. The van der Waals surface area contributed by atoms with Gasteiger partial charge in [-0.25, -0.2) is 18.4 Å². The average Bonchev–Trinajstić information content (AvgIpc) is 2.80. The summed E-state index contributed by atoms with van der Waals surface area (Å²) in [5.74, 6) is 0.583. The minimum atomic E-state index is -3.02. The predicted molar refractivity (Wildman–Crippen MR) is 96.3 cm³/mol. The van der Waals surface area contributed by atoms with Crippen molar-refractivity contribution in [1.29, 1.82) is 0 Å². The van der Waals surface area contributed by atoms with Gasteiger partial charge in [0.2, 0.25) is 0 Å². The lowest BCUT2D eigenvalue weighted by Crippen LogP contribution is -2.38. The number of nitrogens with one attached hydrogen (secondary N) is 1. The number of aromatic nitrogens is 2. The number of nitrogens with zero attached hydrogens (tertiary/aromatic N) is 3. The third-order valence-electron chi connectivity index (χ3n) is 5.15. The van der Waals surface area contributed by atoms with E-state index in [4.69, 9.17) is 0 Å². The van der Waals surface area contributed by atoms with Crippen LogP contribution in [0.25, 0.3) is 0 Å². The van der Waals surface area contributed by atoms with E-state index < -0.39 is 9.84 Å². The molecule has 0 aromatic carbocycles. The van der Waals surface area contributed by atoms with Gasteiger partial charge in [-0.05, 0) is 19.3 Å². The summed E-state index contributed by atoms with van der Waals surface area (Å²) in [4.78, 5) is 22.5. The van der Waals surface area contributed by atoms with Crippen molar-refractivity contribution >= 4 is 21.6 Å². The van der Waals surface area contributed by atoms with Crippen LogP contribution < -0.4 is 5.32 Å². The Bertz CT molecular complexity index is 697. The van der Waals surface area contributed by atoms with Crippen LogP contribution in [0.4, 0.5) is 5.82 Å². The Labute approximate surface area is 149 Å². The highest BCUT2D eigenvalue weighted by molar-refractivity contribution is 7.91. The van der Waals surface area contributed by atoms with Crippen molar-refractivity contribution in [3.05, 3.63) is 18.1 Å². The quantitative estimate of drug-likeness (QED) is 0.818. The molecule has 2 aliphatic rings. The highest BCUT2D eigenvalue weighted by Gasteiger charge is 2.33. The summed E-state index contributed by atoms with van der Waals surface area (Å²) in [5.41, 5.74) is 0.248. The minimum Gasteiger partial charge on any atom is -0.366 e. The molecule has 138 valence electrons. The molecule has 1 aliphatic carbocycles. The molecule has 0 spiro atoms. The lowest BCUT2D eigenvalue weighted by atomic mass is 10.1. The molecule has 25 heavy (non-hydrogen) atoms. The Balaban J connectivity index is 1.60. The van der Waals surface area contributed by atoms with Gasteiger partial charge >= 0.3 is 0 Å². The first-order chi connectivity index (χ1) is 11.9. The van der Waals surface area contributed by atoms with Crippen molar-refractivity contribution in [3.63, 3.8) is 0 Å². The van der Waals surface area contributed by atoms with Crippen molar-refractivity contribution in [1.82, 2.24) is 14.9 Å². The van der Waals surface area contributed by atoms with Gasteiger partial charge < -0.3 is 10.2 Å². The summed E-state index contributed by atoms with van der Waals surface area (Å²) in [6.45, 7) is 0. The first kappa shape index (κ1) is 18.1. The maximum atomic E-state index is 12.5. The summed E-state index contributed by atoms with van der Waals surface area (Å²) >= 11 is 0. The Morgan fingerprint density at radius 3 is 2.40 bits per heavy atom. The third-order valence-corrected chi connectivity index (χ3v) is 6.90. The smallest absolute Gasteiger partial charge is 0.274 e. The molecular weight excluding hydrogens is 340 g/mol. The number of anilines is 1. The van der Waals surface area contributed by atoms with E-state index in [9.17, 15) is 13.2 Å². The van der Waals surface area contributed by atoms with Crippen LogP contribution in [0, 0.1) is 0 Å². The largest absolute Gasteiger partial charge is 0.366 e. The molecule has 1 N–H and O–H groups in total. The average molecular weight is 366 g/mol. The van der Waals surface area contributed by atoms with E-state index >= 15 is 0 Å². The van der Waals surface area contributed by atoms with Gasteiger partial charge in [0.05, 0.1) is 23.9 Å². The molecule has 1 saturated heterocycles. The van der Waals surface area contributed by atoms with Crippen LogP contribution >= 0.6 is 0 Å². The van der Waals surface area contributed by atoms with Crippen LogP contribution in [0.15, 0.2) is 12.4 Å². The van der Waals surface area contributed by atoms with Crippen LogP contribution in [0.5, 0.6) is 0 Å². The Morgan fingerprint density at radius 1 is 1.12 bits per heavy atom. The van der Waals surface area contributed by atoms with Crippen molar-refractivity contribution < 1.29 is 13.2 Å². The fourth-order valence-electron chi connectivity index (χ4n) is 3.57. The highest BCUT2D eigenvalue weighted by Crippen LogP contribution is 2.21. The van der Waals surface area contributed by atoms with Gasteiger partial charge in [0.1, 0.15) is 11.5 Å². The predicted octanol–water partition coefficient (Wildman–Crippen LogP) is 1.87. The van der Waals surface area contributed by atoms with Gasteiger partial charge in [-0.1, -0.05) is 25.7 Å². The lowest BCUT2D eigenvalue weighted by molar-refractivity contribution is 0.0741. The van der Waals surface area contributed by atoms with Crippen LogP contribution in [0.3, 0.4) is 0 Å². The van der Waals surface area contributed by atoms with Gasteiger partial charge in [-0.2, -0.15) is 0 Å². The second kappa shape index (κ2) is 7.68. The fourth-order valence-corrected chi connectivity index (χ4v) is 5.35. The van der Waals surface area contributed by atoms with E-state index in [-0.39, 0.29) is 29.1 Å². The molecule has 1 atom stereocenters. The van der Waals surface area contributed by atoms with Crippen molar-refractivity contribution in [2.75, 3.05) is 23.9 Å². The summed E-state index contributed by atoms with van der Waals surface area (Å²) < 4.78 is 23.2. The Kier molecular flexibility index (Phi) is 5.56. The summed E-state index contributed by atoms with van der Waals surface area (Å²) in [6, 6.07) is 0.146. The molecule has 2 fully saturated rings. The van der Waals surface area contributed by atoms with E-state index in [1.54, 1.807) is 13.2 Å². The maximum absolute atomic E-state index is 12.5. The van der Waals surface area contributed by atoms with Crippen LogP contribution in [-0.4, -0.2) is 59.8 Å². The zero-order valence-electron chi connectivity index (χ0n) is 14.6. The molecule has 8 heteroatoms. The van der Waals surface area contributed by atoms with Crippen molar-refractivity contribution in [3.8, 4) is 0 Å². The number of hydrogen-bond donors (Lipinski definition) is 1. The molecule has 2 heterocycles. The zero-order valence-corrected chi connectivity index (χ0v) is 15.5. The van der Waals surface area contributed by atoms with Crippen LogP contribution in [-0.2, 0) is 9.84 Å². The normalized spacial score (nSPS) is 23.8. The van der Waals surface area contributed by atoms with Crippen LogP contribution in [0.1, 0.15) is 55.4 Å². The lowest BCUT2D eigenvalue weighted by Gasteiger charge is -2.23. The van der Waals surface area contributed by atoms with Gasteiger partial charge in [0, 0.05) is 19.1 Å². The number of rotatable bonds is 4. The van der Waals surface area contributed by atoms with Gasteiger partial charge in [0.25, 0.3) is 5.91 Å². The van der Waals surface area contributed by atoms with E-state index in [0.29, 0.717) is 18.3 Å². The molecular formula is C17H26N4O3S. The molecule has 1 saturated carbocycles. The van der Waals surface area contributed by atoms with E-state index in [2.05, 4.69) is 15.3 Å². The van der Waals surface area contributed by atoms with Gasteiger partial charge in [-0.3, -0.25) is 4.79 Å². The Morgan fingerprint density at radius 2 is 1.84 bits per heavy atom. The zero-order chi connectivity index (χ0) is 17.9. The number of carbonyl (C=O) groups is 1. The molecule has 1 aromatic heterocycles. The molecule has 0 bridgehead atoms. The summed E-state index contributed by atoms with van der Waals surface area (Å²) in [6.07, 6.45) is 10.9. The van der Waals surface area contributed by atoms with E-state index in [1.807, 2.05) is 0 Å². The van der Waals surface area contributed by atoms with E-state index in [0.717, 1.165) is 12.8 Å². The summed E-state index contributed by atoms with van der Waals surface area (Å²) in [5, 5.41) is 3.40. The van der Waals surface area contributed by atoms with E-state index in [1.165, 1.54) is 36.8 Å². The molecule has 1 aromatic rings. The second-order valence-electron chi connectivity index (χ2n) is 7.09. The van der Waals surface area contributed by atoms with Gasteiger partial charge in [0.15, 0.2) is 9.84 Å². The molecule has 0 radical (unpaired) electrons. The third kappa shape index (κ3) is 4.68. The van der Waals surface area contributed by atoms with Crippen LogP contribution in [0.2, 0.25) is 0 Å². The number of amides is 1. The number of hydrogen-bond acceptors (Lipinski definition) is 6. The molecule has 7 nitrogen and oxygen atoms in total. The number of carbonyl (C=O) groups excluding carboxylic acids is 1. The van der Waals surface area contributed by atoms with Gasteiger partial charge in [-0.15, -0.1) is 0 Å².